The Labute approximate surface area is 259 Å². The molecule has 0 radical (unpaired) electrons. The third-order valence-electron chi connectivity index (χ3n) is 6.33. The number of anilines is 1. The smallest absolute Gasteiger partial charge is 0.277 e. The first-order chi connectivity index (χ1) is 20.9. The fraction of sp³-hybridized carbons (Fsp3) is 0.267. The molecule has 0 saturated carbocycles. The van der Waals surface area contributed by atoms with E-state index in [4.69, 9.17) is 0 Å². The molecule has 3 aromatic carbocycles. The molecule has 0 atom stereocenters. The Balaban J connectivity index is 1.64. The van der Waals surface area contributed by atoms with Gasteiger partial charge in [0, 0.05) is 53.3 Å². The van der Waals surface area contributed by atoms with Crippen LogP contribution in [0.1, 0.15) is 33.3 Å². The number of hydrogen-bond acceptors (Lipinski definition) is 10. The second-order valence-electron chi connectivity index (χ2n) is 10.8. The molecule has 12 nitrogen and oxygen atoms in total. The third-order valence-corrected chi connectivity index (χ3v) is 9.31. The molecule has 4 aromatic rings. The number of sulfonamides is 1. The highest BCUT2D eigenvalue weighted by Crippen LogP contribution is 2.38. The summed E-state index contributed by atoms with van der Waals surface area (Å²) in [5.74, 6) is 0.0379. The standard InChI is InChI=1S/C30H32N6O6S2/c1-20(2)18-34(19-21(3)4)44(41,42)29-16-24(35(37)38)11-12-25(29)33-32-17-22-10-13-27(26(15-22)36(39)40)43-28-9-5-7-23-8-6-14-31-30(23)28/h5-17,20-21,33H,18-19H2,1-4H3/b32-17-. The quantitative estimate of drug-likeness (QED) is 0.0930. The highest BCUT2D eigenvalue weighted by molar-refractivity contribution is 7.99. The number of non-ortho nitro benzene ring substituents is 1. The molecule has 0 spiro atoms. The summed E-state index contributed by atoms with van der Waals surface area (Å²) in [5, 5.41) is 28.5. The molecule has 1 N–H and O–H groups in total. The minimum Gasteiger partial charge on any atom is -0.277 e. The van der Waals surface area contributed by atoms with Gasteiger partial charge in [0.1, 0.15) is 4.90 Å². The molecule has 1 aromatic heterocycles. The van der Waals surface area contributed by atoms with Gasteiger partial charge in [-0.1, -0.05) is 63.7 Å². The number of aromatic nitrogens is 1. The summed E-state index contributed by atoms with van der Waals surface area (Å²) in [7, 11) is -4.15. The summed E-state index contributed by atoms with van der Waals surface area (Å²) in [4.78, 5) is 27.6. The molecule has 1 heterocycles. The van der Waals surface area contributed by atoms with E-state index in [0.717, 1.165) is 21.9 Å². The zero-order valence-electron chi connectivity index (χ0n) is 24.6. The van der Waals surface area contributed by atoms with Gasteiger partial charge in [0.05, 0.1) is 32.2 Å². The van der Waals surface area contributed by atoms with Crippen LogP contribution in [0.2, 0.25) is 0 Å². The van der Waals surface area contributed by atoms with Crippen molar-refractivity contribution in [3.8, 4) is 0 Å². The van der Waals surface area contributed by atoms with Crippen molar-refractivity contribution in [3.63, 3.8) is 0 Å². The largest absolute Gasteiger partial charge is 0.283 e. The van der Waals surface area contributed by atoms with E-state index in [1.54, 1.807) is 18.3 Å². The maximum atomic E-state index is 13.8. The number of fused-ring (bicyclic) bond motifs is 1. The highest BCUT2D eigenvalue weighted by atomic mass is 32.2. The minimum absolute atomic E-state index is 0.0189. The molecule has 44 heavy (non-hydrogen) atoms. The summed E-state index contributed by atoms with van der Waals surface area (Å²) in [6, 6.07) is 17.5. The Hall–Kier alpha value is -4.40. The van der Waals surface area contributed by atoms with E-state index in [0.29, 0.717) is 10.5 Å². The number of hydrogen-bond donors (Lipinski definition) is 1. The predicted octanol–water partition coefficient (Wildman–Crippen LogP) is 6.95. The van der Waals surface area contributed by atoms with Gasteiger partial charge in [-0.3, -0.25) is 30.6 Å². The van der Waals surface area contributed by atoms with Crippen LogP contribution in [-0.4, -0.2) is 46.9 Å². The van der Waals surface area contributed by atoms with Crippen molar-refractivity contribution in [2.24, 2.45) is 16.9 Å². The van der Waals surface area contributed by atoms with E-state index in [-0.39, 0.29) is 46.9 Å². The van der Waals surface area contributed by atoms with Gasteiger partial charge in [0.15, 0.2) is 0 Å². The third kappa shape index (κ3) is 7.75. The first kappa shape index (κ1) is 32.5. The molecule has 4 rings (SSSR count). The number of rotatable bonds is 13. The second-order valence-corrected chi connectivity index (χ2v) is 13.8. The molecule has 230 valence electrons. The Morgan fingerprint density at radius 2 is 1.64 bits per heavy atom. The van der Waals surface area contributed by atoms with E-state index < -0.39 is 19.9 Å². The number of pyridine rings is 1. The Kier molecular flexibility index (Phi) is 10.3. The van der Waals surface area contributed by atoms with Crippen LogP contribution in [0.15, 0.2) is 92.7 Å². The van der Waals surface area contributed by atoms with Crippen molar-refractivity contribution < 1.29 is 18.3 Å². The van der Waals surface area contributed by atoms with E-state index in [1.165, 1.54) is 40.5 Å². The SMILES string of the molecule is CC(C)CN(CC(C)C)S(=O)(=O)c1cc([N+](=O)[O-])ccc1N/N=C\c1ccc(Sc2cccc3cccnc23)c([N+](=O)[O-])c1. The first-order valence-electron chi connectivity index (χ1n) is 13.7. The van der Waals surface area contributed by atoms with Gasteiger partial charge in [0.25, 0.3) is 11.4 Å². The van der Waals surface area contributed by atoms with Crippen LogP contribution < -0.4 is 5.43 Å². The summed E-state index contributed by atoms with van der Waals surface area (Å²) >= 11 is 1.23. The van der Waals surface area contributed by atoms with Gasteiger partial charge >= 0.3 is 0 Å². The van der Waals surface area contributed by atoms with Crippen molar-refractivity contribution in [1.29, 1.82) is 0 Å². The van der Waals surface area contributed by atoms with Crippen molar-refractivity contribution in [2.45, 2.75) is 42.4 Å². The normalized spacial score (nSPS) is 12.1. The number of nitrogens with one attached hydrogen (secondary N) is 1. The van der Waals surface area contributed by atoms with Crippen molar-refractivity contribution in [1.82, 2.24) is 9.29 Å². The average molecular weight is 637 g/mol. The Morgan fingerprint density at radius 1 is 0.932 bits per heavy atom. The summed E-state index contributed by atoms with van der Waals surface area (Å²) in [6.45, 7) is 8.02. The molecule has 0 amide bonds. The molecule has 14 heteroatoms. The van der Waals surface area contributed by atoms with Gasteiger partial charge in [-0.15, -0.1) is 0 Å². The molecule has 0 bridgehead atoms. The maximum Gasteiger partial charge on any atom is 0.283 e. The maximum absolute atomic E-state index is 13.8. The van der Waals surface area contributed by atoms with E-state index in [9.17, 15) is 28.6 Å². The average Bonchev–Trinajstić information content (AvgIpc) is 2.97. The summed E-state index contributed by atoms with van der Waals surface area (Å²) in [5.41, 5.74) is 3.32. The molecule has 0 aliphatic heterocycles. The van der Waals surface area contributed by atoms with E-state index >= 15 is 0 Å². The number of benzene rings is 3. The predicted molar refractivity (Wildman–Crippen MR) is 172 cm³/mol. The minimum atomic E-state index is -4.15. The Bertz CT molecular complexity index is 1810. The molecule has 0 unspecified atom stereocenters. The highest BCUT2D eigenvalue weighted by Gasteiger charge is 2.30. The molecule has 0 fully saturated rings. The molecule has 0 aliphatic rings. The number of para-hydroxylation sites is 1. The lowest BCUT2D eigenvalue weighted by Gasteiger charge is -2.26. The fourth-order valence-corrected chi connectivity index (χ4v) is 7.40. The number of nitrogens with zero attached hydrogens (tertiary/aromatic N) is 5. The van der Waals surface area contributed by atoms with Gasteiger partial charge in [-0.05, 0) is 36.1 Å². The van der Waals surface area contributed by atoms with Gasteiger partial charge in [-0.2, -0.15) is 9.41 Å². The number of nitro groups is 2. The van der Waals surface area contributed by atoms with Crippen LogP contribution in [0.5, 0.6) is 0 Å². The summed E-state index contributed by atoms with van der Waals surface area (Å²) < 4.78 is 28.8. The fourth-order valence-electron chi connectivity index (χ4n) is 4.45. The Morgan fingerprint density at radius 3 is 2.30 bits per heavy atom. The zero-order chi connectivity index (χ0) is 32.0. The van der Waals surface area contributed by atoms with E-state index in [2.05, 4.69) is 15.5 Å². The number of nitro benzene ring substituents is 2. The lowest BCUT2D eigenvalue weighted by molar-refractivity contribution is -0.387. The van der Waals surface area contributed by atoms with Crippen LogP contribution >= 0.6 is 11.8 Å². The van der Waals surface area contributed by atoms with Crippen molar-refractivity contribution in [3.05, 3.63) is 98.7 Å². The number of hydrazone groups is 1. The van der Waals surface area contributed by atoms with Crippen LogP contribution in [0, 0.1) is 32.1 Å². The van der Waals surface area contributed by atoms with Crippen molar-refractivity contribution in [2.75, 3.05) is 18.5 Å². The van der Waals surface area contributed by atoms with Gasteiger partial charge in [0.2, 0.25) is 10.0 Å². The van der Waals surface area contributed by atoms with E-state index in [1.807, 2.05) is 58.0 Å². The molecular formula is C30H32N6O6S2. The lowest BCUT2D eigenvalue weighted by Crippen LogP contribution is -2.37. The molecule has 0 saturated heterocycles. The molecule has 0 aliphatic carbocycles. The van der Waals surface area contributed by atoms with Crippen molar-refractivity contribution >= 4 is 56.0 Å². The molecular weight excluding hydrogens is 605 g/mol. The zero-order valence-corrected chi connectivity index (χ0v) is 26.2. The monoisotopic (exact) mass is 636 g/mol. The van der Waals surface area contributed by atoms with Crippen LogP contribution in [0.25, 0.3) is 10.9 Å². The van der Waals surface area contributed by atoms with Gasteiger partial charge in [-0.25, -0.2) is 8.42 Å². The van der Waals surface area contributed by atoms with Crippen LogP contribution in [-0.2, 0) is 10.0 Å². The first-order valence-corrected chi connectivity index (χ1v) is 16.0. The van der Waals surface area contributed by atoms with Crippen LogP contribution in [0.3, 0.4) is 0 Å². The lowest BCUT2D eigenvalue weighted by atomic mass is 10.2. The topological polar surface area (TPSA) is 161 Å². The second kappa shape index (κ2) is 13.9. The van der Waals surface area contributed by atoms with Gasteiger partial charge < -0.3 is 0 Å². The summed E-state index contributed by atoms with van der Waals surface area (Å²) in [6.07, 6.45) is 2.99. The van der Waals surface area contributed by atoms with Crippen LogP contribution in [0.4, 0.5) is 17.1 Å².